The Kier molecular flexibility index (Phi) is 3.03. The molecule has 2 aromatic rings. The first-order valence-electron chi connectivity index (χ1n) is 4.52. The van der Waals surface area contributed by atoms with Crippen LogP contribution in [0.25, 0.3) is 0 Å². The van der Waals surface area contributed by atoms with Crippen molar-refractivity contribution >= 4 is 12.1 Å². The number of hydrogen-bond acceptors (Lipinski definition) is 5. The van der Waals surface area contributed by atoms with E-state index in [2.05, 4.69) is 20.2 Å². The van der Waals surface area contributed by atoms with E-state index in [0.717, 1.165) is 0 Å². The van der Waals surface area contributed by atoms with Crippen LogP contribution in [0, 0.1) is 0 Å². The lowest BCUT2D eigenvalue weighted by atomic mass is 10.4. The molecule has 0 bridgehead atoms. The summed E-state index contributed by atoms with van der Waals surface area (Å²) in [6, 6.07) is 3.52. The molecular weight excluding hydrogens is 206 g/mol. The van der Waals surface area contributed by atoms with E-state index in [9.17, 15) is 0 Å². The number of amidine groups is 1. The molecule has 0 aliphatic rings. The minimum absolute atomic E-state index is 0.205. The van der Waals surface area contributed by atoms with Crippen molar-refractivity contribution in [3.05, 3.63) is 48.4 Å². The second kappa shape index (κ2) is 4.83. The zero-order valence-electron chi connectivity index (χ0n) is 8.32. The van der Waals surface area contributed by atoms with Crippen LogP contribution in [0.2, 0.25) is 0 Å². The number of nitrogens with two attached hydrogens (primary N) is 1. The highest BCUT2D eigenvalue weighted by Crippen LogP contribution is 1.96. The van der Waals surface area contributed by atoms with Gasteiger partial charge in [-0.05, 0) is 12.1 Å². The van der Waals surface area contributed by atoms with Gasteiger partial charge >= 0.3 is 0 Å². The Morgan fingerprint density at radius 2 is 2.38 bits per heavy atom. The van der Waals surface area contributed by atoms with Crippen molar-refractivity contribution in [1.29, 1.82) is 0 Å². The van der Waals surface area contributed by atoms with E-state index in [0.29, 0.717) is 11.5 Å². The molecular formula is C10H9N5O. The molecule has 0 amide bonds. The SMILES string of the molecule is N/C(=N/N=C\c1ccco1)c1cnccn1. The molecule has 0 aromatic carbocycles. The number of nitrogens with zero attached hydrogens (tertiary/aromatic N) is 4. The smallest absolute Gasteiger partial charge is 0.173 e. The Hall–Kier alpha value is -2.50. The first kappa shape index (κ1) is 10.0. The fraction of sp³-hybridized carbons (Fsp3) is 0. The van der Waals surface area contributed by atoms with E-state index in [-0.39, 0.29) is 5.84 Å². The molecule has 0 aliphatic heterocycles. The minimum Gasteiger partial charge on any atom is -0.463 e. The van der Waals surface area contributed by atoms with Crippen molar-refractivity contribution in [3.63, 3.8) is 0 Å². The van der Waals surface area contributed by atoms with Crippen LogP contribution in [-0.2, 0) is 0 Å². The quantitative estimate of drug-likeness (QED) is 0.466. The maximum absolute atomic E-state index is 5.64. The molecule has 6 heteroatoms. The molecule has 0 aliphatic carbocycles. The summed E-state index contributed by atoms with van der Waals surface area (Å²) in [7, 11) is 0. The topological polar surface area (TPSA) is 89.7 Å². The highest BCUT2D eigenvalue weighted by atomic mass is 16.3. The van der Waals surface area contributed by atoms with Crippen molar-refractivity contribution in [2.75, 3.05) is 0 Å². The predicted molar refractivity (Wildman–Crippen MR) is 59.1 cm³/mol. The zero-order valence-corrected chi connectivity index (χ0v) is 8.32. The lowest BCUT2D eigenvalue weighted by Gasteiger charge is -1.94. The third-order valence-electron chi connectivity index (χ3n) is 1.72. The third-order valence-corrected chi connectivity index (χ3v) is 1.72. The van der Waals surface area contributed by atoms with Crippen LogP contribution < -0.4 is 5.73 Å². The second-order valence-corrected chi connectivity index (χ2v) is 2.84. The maximum atomic E-state index is 5.64. The van der Waals surface area contributed by atoms with E-state index in [1.54, 1.807) is 24.6 Å². The van der Waals surface area contributed by atoms with Gasteiger partial charge < -0.3 is 10.2 Å². The molecule has 2 heterocycles. The number of rotatable bonds is 3. The first-order chi connectivity index (χ1) is 7.86. The molecule has 2 N–H and O–H groups in total. The minimum atomic E-state index is 0.205. The van der Waals surface area contributed by atoms with Crippen molar-refractivity contribution in [2.45, 2.75) is 0 Å². The van der Waals surface area contributed by atoms with E-state index >= 15 is 0 Å². The maximum Gasteiger partial charge on any atom is 0.173 e. The highest BCUT2D eigenvalue weighted by molar-refractivity contribution is 5.95. The summed E-state index contributed by atoms with van der Waals surface area (Å²) in [5.74, 6) is 0.812. The van der Waals surface area contributed by atoms with Crippen LogP contribution >= 0.6 is 0 Å². The van der Waals surface area contributed by atoms with Crippen molar-refractivity contribution < 1.29 is 4.42 Å². The molecule has 0 radical (unpaired) electrons. The Morgan fingerprint density at radius 1 is 1.44 bits per heavy atom. The zero-order chi connectivity index (χ0) is 11.2. The number of aromatic nitrogens is 2. The van der Waals surface area contributed by atoms with Crippen LogP contribution in [0.4, 0.5) is 0 Å². The summed E-state index contributed by atoms with van der Waals surface area (Å²) >= 11 is 0. The summed E-state index contributed by atoms with van der Waals surface area (Å²) < 4.78 is 5.03. The van der Waals surface area contributed by atoms with Gasteiger partial charge in [-0.25, -0.2) is 4.98 Å². The van der Waals surface area contributed by atoms with Crippen LogP contribution in [0.5, 0.6) is 0 Å². The average Bonchev–Trinajstić information content (AvgIpc) is 2.83. The van der Waals surface area contributed by atoms with E-state index in [1.165, 1.54) is 18.6 Å². The summed E-state index contributed by atoms with van der Waals surface area (Å²) in [5.41, 5.74) is 6.12. The fourth-order valence-electron chi connectivity index (χ4n) is 0.995. The molecule has 0 atom stereocenters. The largest absolute Gasteiger partial charge is 0.463 e. The molecule has 0 unspecified atom stereocenters. The summed E-state index contributed by atoms with van der Waals surface area (Å²) in [5, 5.41) is 7.54. The summed E-state index contributed by atoms with van der Waals surface area (Å²) in [6.45, 7) is 0. The Morgan fingerprint density at radius 3 is 3.06 bits per heavy atom. The summed E-state index contributed by atoms with van der Waals surface area (Å²) in [4.78, 5) is 7.85. The normalized spacial score (nSPS) is 12.1. The molecule has 0 fully saturated rings. The molecule has 0 saturated carbocycles. The van der Waals surface area contributed by atoms with Gasteiger partial charge in [-0.3, -0.25) is 4.98 Å². The van der Waals surface area contributed by atoms with Gasteiger partial charge in [-0.2, -0.15) is 5.10 Å². The van der Waals surface area contributed by atoms with Gasteiger partial charge in [0.25, 0.3) is 0 Å². The van der Waals surface area contributed by atoms with Crippen LogP contribution in [0.15, 0.2) is 51.6 Å². The lowest BCUT2D eigenvalue weighted by Crippen LogP contribution is -2.14. The molecule has 0 saturated heterocycles. The van der Waals surface area contributed by atoms with Crippen LogP contribution in [0.3, 0.4) is 0 Å². The van der Waals surface area contributed by atoms with E-state index in [1.807, 2.05) is 0 Å². The van der Waals surface area contributed by atoms with Gasteiger partial charge in [-0.1, -0.05) is 0 Å². The third kappa shape index (κ3) is 2.50. The van der Waals surface area contributed by atoms with Crippen LogP contribution in [0.1, 0.15) is 11.5 Å². The van der Waals surface area contributed by atoms with Gasteiger partial charge in [0.05, 0.1) is 18.7 Å². The standard InChI is InChI=1S/C10H9N5O/c11-10(9-7-12-3-4-13-9)15-14-6-8-2-1-5-16-8/h1-7H,(H2,11,15)/b14-6-. The lowest BCUT2D eigenvalue weighted by molar-refractivity contribution is 0.560. The van der Waals surface area contributed by atoms with Crippen molar-refractivity contribution in [2.24, 2.45) is 15.9 Å². The van der Waals surface area contributed by atoms with Gasteiger partial charge in [0.15, 0.2) is 5.84 Å². The van der Waals surface area contributed by atoms with Crippen molar-refractivity contribution in [3.8, 4) is 0 Å². The monoisotopic (exact) mass is 215 g/mol. The van der Waals surface area contributed by atoms with Gasteiger partial charge in [-0.15, -0.1) is 5.10 Å². The highest BCUT2D eigenvalue weighted by Gasteiger charge is 1.97. The van der Waals surface area contributed by atoms with Gasteiger partial charge in [0.1, 0.15) is 11.5 Å². The molecule has 16 heavy (non-hydrogen) atoms. The van der Waals surface area contributed by atoms with Crippen molar-refractivity contribution in [1.82, 2.24) is 9.97 Å². The molecule has 2 rings (SSSR count). The van der Waals surface area contributed by atoms with Gasteiger partial charge in [0.2, 0.25) is 0 Å². The Balaban J connectivity index is 2.08. The average molecular weight is 215 g/mol. The molecule has 6 nitrogen and oxygen atoms in total. The molecule has 2 aromatic heterocycles. The first-order valence-corrected chi connectivity index (χ1v) is 4.52. The molecule has 0 spiro atoms. The van der Waals surface area contributed by atoms with Gasteiger partial charge in [0, 0.05) is 12.4 Å². The van der Waals surface area contributed by atoms with Crippen LogP contribution in [-0.4, -0.2) is 22.0 Å². The Labute approximate surface area is 91.6 Å². The summed E-state index contributed by atoms with van der Waals surface area (Å²) in [6.07, 6.45) is 7.62. The number of furan rings is 1. The van der Waals surface area contributed by atoms with E-state index in [4.69, 9.17) is 10.2 Å². The number of hydrogen-bond donors (Lipinski definition) is 1. The predicted octanol–water partition coefficient (Wildman–Crippen LogP) is 0.809. The fourth-order valence-corrected chi connectivity index (χ4v) is 0.995. The molecule has 80 valence electrons. The van der Waals surface area contributed by atoms with E-state index < -0.39 is 0 Å². The second-order valence-electron chi connectivity index (χ2n) is 2.84. The Bertz CT molecular complexity index is 489.